The lowest BCUT2D eigenvalue weighted by Crippen LogP contribution is -2.40. The van der Waals surface area contributed by atoms with Crippen molar-refractivity contribution in [1.82, 2.24) is 14.7 Å². The van der Waals surface area contributed by atoms with Crippen molar-refractivity contribution in [2.75, 3.05) is 18.4 Å². The summed E-state index contributed by atoms with van der Waals surface area (Å²) in [5.41, 5.74) is 0.543. The summed E-state index contributed by atoms with van der Waals surface area (Å²) in [6.45, 7) is 2.64. The second-order valence-electron chi connectivity index (χ2n) is 8.01. The maximum Gasteiger partial charge on any atom is 0.410 e. The lowest BCUT2D eigenvalue weighted by molar-refractivity contribution is -0.173. The Bertz CT molecular complexity index is 926. The highest BCUT2D eigenvalue weighted by Gasteiger charge is 2.46. The summed E-state index contributed by atoms with van der Waals surface area (Å²) in [7, 11) is 0. The van der Waals surface area contributed by atoms with Crippen LogP contribution in [-0.2, 0) is 0 Å². The van der Waals surface area contributed by atoms with Crippen molar-refractivity contribution in [2.45, 2.75) is 56.8 Å². The number of hydrogen-bond acceptors (Lipinski definition) is 3. The molecule has 4 rings (SSSR count). The molecule has 1 N–H and O–H groups in total. The van der Waals surface area contributed by atoms with E-state index in [1.54, 1.807) is 17.0 Å². The molecule has 1 aromatic carbocycles. The highest BCUT2D eigenvalue weighted by molar-refractivity contribution is 5.94. The summed E-state index contributed by atoms with van der Waals surface area (Å²) in [5, 5.41) is 7.44. The molecule has 2 aliphatic heterocycles. The van der Waals surface area contributed by atoms with E-state index in [0.29, 0.717) is 43.9 Å². The first-order valence-corrected chi connectivity index (χ1v) is 10.2. The Kier molecular flexibility index (Phi) is 5.46. The highest BCUT2D eigenvalue weighted by atomic mass is 19.4. The van der Waals surface area contributed by atoms with E-state index in [1.807, 2.05) is 6.92 Å². The Labute approximate surface area is 172 Å². The lowest BCUT2D eigenvalue weighted by Gasteiger charge is -2.33. The number of nitrogens with one attached hydrogen (secondary N) is 1. The van der Waals surface area contributed by atoms with E-state index in [4.69, 9.17) is 0 Å². The Balaban J connectivity index is 1.57. The number of rotatable bonds is 3. The second kappa shape index (κ2) is 7.92. The topological polar surface area (TPSA) is 50.2 Å². The number of halogens is 4. The van der Waals surface area contributed by atoms with Crippen LogP contribution in [0.2, 0.25) is 0 Å². The smallest absolute Gasteiger partial charge is 0.367 e. The minimum absolute atomic E-state index is 0.00637. The Morgan fingerprint density at radius 3 is 2.77 bits per heavy atom. The Morgan fingerprint density at radius 2 is 2.07 bits per heavy atom. The van der Waals surface area contributed by atoms with Gasteiger partial charge in [-0.3, -0.25) is 4.79 Å². The van der Waals surface area contributed by atoms with E-state index >= 15 is 0 Å². The number of nitrogens with zero attached hydrogens (tertiary/aromatic N) is 3. The maximum absolute atomic E-state index is 14.0. The van der Waals surface area contributed by atoms with E-state index in [1.165, 1.54) is 18.2 Å². The van der Waals surface area contributed by atoms with Gasteiger partial charge in [-0.2, -0.15) is 18.3 Å². The van der Waals surface area contributed by atoms with Crippen LogP contribution in [-0.4, -0.2) is 45.9 Å². The molecule has 3 atom stereocenters. The van der Waals surface area contributed by atoms with Crippen LogP contribution < -0.4 is 5.32 Å². The minimum atomic E-state index is -4.38. The number of anilines is 1. The van der Waals surface area contributed by atoms with E-state index in [-0.39, 0.29) is 23.9 Å². The lowest BCUT2D eigenvalue weighted by atomic mass is 9.94. The second-order valence-corrected chi connectivity index (χ2v) is 8.01. The number of amides is 1. The molecule has 1 saturated heterocycles. The summed E-state index contributed by atoms with van der Waals surface area (Å²) >= 11 is 0. The fourth-order valence-corrected chi connectivity index (χ4v) is 4.34. The zero-order valence-corrected chi connectivity index (χ0v) is 16.6. The average molecular weight is 424 g/mol. The number of benzene rings is 1. The molecule has 162 valence electrons. The molecular formula is C21H24F4N4O. The maximum atomic E-state index is 14.0. The average Bonchev–Trinajstić information content (AvgIpc) is 3.16. The monoisotopic (exact) mass is 424 g/mol. The number of hydrogen-bond donors (Lipinski definition) is 1. The zero-order chi connectivity index (χ0) is 21.5. The quantitative estimate of drug-likeness (QED) is 0.725. The standard InChI is InChI=1S/C21H24F4N4O/c1-2-14-10-18(21(23,24)25)29-19(26-14)11-17(27-29)13-6-5-9-28(12-13)20(30)15-7-3-4-8-16(15)22/h3-4,7-8,11,13-14,18,26H,2,5-6,9-10,12H2,1H3/t13?,14-,18-/m1/s1. The molecule has 0 saturated carbocycles. The predicted octanol–water partition coefficient (Wildman–Crippen LogP) is 4.74. The van der Waals surface area contributed by atoms with Crippen LogP contribution in [0.5, 0.6) is 0 Å². The van der Waals surface area contributed by atoms with Gasteiger partial charge >= 0.3 is 6.18 Å². The van der Waals surface area contributed by atoms with Crippen molar-refractivity contribution in [3.05, 3.63) is 47.4 Å². The van der Waals surface area contributed by atoms with Gasteiger partial charge in [0.05, 0.1) is 11.3 Å². The third-order valence-corrected chi connectivity index (χ3v) is 6.01. The van der Waals surface area contributed by atoms with Crippen LogP contribution in [0.15, 0.2) is 30.3 Å². The van der Waals surface area contributed by atoms with Gasteiger partial charge in [0.1, 0.15) is 11.6 Å². The Morgan fingerprint density at radius 1 is 1.30 bits per heavy atom. The molecule has 0 bridgehead atoms. The van der Waals surface area contributed by atoms with Crippen molar-refractivity contribution in [1.29, 1.82) is 0 Å². The Hall–Kier alpha value is -2.58. The molecule has 0 aliphatic carbocycles. The third-order valence-electron chi connectivity index (χ3n) is 6.01. The molecule has 30 heavy (non-hydrogen) atoms. The molecule has 9 heteroatoms. The summed E-state index contributed by atoms with van der Waals surface area (Å²) < 4.78 is 55.9. The number of aromatic nitrogens is 2. The van der Waals surface area contributed by atoms with Crippen LogP contribution in [0.4, 0.5) is 23.4 Å². The number of piperidine rings is 1. The molecule has 2 aliphatic rings. The van der Waals surface area contributed by atoms with Crippen LogP contribution in [0, 0.1) is 5.82 Å². The molecule has 0 radical (unpaired) electrons. The van der Waals surface area contributed by atoms with E-state index in [0.717, 1.165) is 4.68 Å². The molecule has 5 nitrogen and oxygen atoms in total. The largest absolute Gasteiger partial charge is 0.410 e. The molecule has 3 heterocycles. The van der Waals surface area contributed by atoms with Crippen molar-refractivity contribution < 1.29 is 22.4 Å². The van der Waals surface area contributed by atoms with Gasteiger partial charge in [0.2, 0.25) is 0 Å². The summed E-state index contributed by atoms with van der Waals surface area (Å²) in [6.07, 6.45) is -2.46. The number of carbonyl (C=O) groups is 1. The number of fused-ring (bicyclic) bond motifs is 1. The minimum Gasteiger partial charge on any atom is -0.367 e. The number of carbonyl (C=O) groups excluding carboxylic acids is 1. The van der Waals surface area contributed by atoms with Crippen LogP contribution in [0.25, 0.3) is 0 Å². The first kappa shape index (κ1) is 20.7. The van der Waals surface area contributed by atoms with E-state index in [2.05, 4.69) is 10.4 Å². The summed E-state index contributed by atoms with van der Waals surface area (Å²) in [5.74, 6) is -0.810. The molecule has 1 fully saturated rings. The number of alkyl halides is 3. The third kappa shape index (κ3) is 3.89. The molecule has 2 aromatic rings. The number of likely N-dealkylation sites (tertiary alicyclic amines) is 1. The summed E-state index contributed by atoms with van der Waals surface area (Å²) in [6, 6.07) is 5.56. The first-order chi connectivity index (χ1) is 14.3. The van der Waals surface area contributed by atoms with Crippen LogP contribution >= 0.6 is 0 Å². The normalized spacial score (nSPS) is 24.3. The van der Waals surface area contributed by atoms with E-state index < -0.39 is 23.9 Å². The van der Waals surface area contributed by atoms with Crippen molar-refractivity contribution in [3.63, 3.8) is 0 Å². The van der Waals surface area contributed by atoms with Gasteiger partial charge in [0, 0.05) is 31.1 Å². The fraction of sp³-hybridized carbons (Fsp3) is 0.524. The van der Waals surface area contributed by atoms with Gasteiger partial charge in [-0.05, 0) is 37.8 Å². The molecule has 1 unspecified atom stereocenters. The molecular weight excluding hydrogens is 400 g/mol. The zero-order valence-electron chi connectivity index (χ0n) is 16.6. The molecule has 1 aromatic heterocycles. The van der Waals surface area contributed by atoms with Gasteiger partial charge in [0.15, 0.2) is 6.04 Å². The highest BCUT2D eigenvalue weighted by Crippen LogP contribution is 2.41. The predicted molar refractivity (Wildman–Crippen MR) is 104 cm³/mol. The van der Waals surface area contributed by atoms with Gasteiger partial charge in [-0.1, -0.05) is 19.1 Å². The van der Waals surface area contributed by atoms with Crippen molar-refractivity contribution >= 4 is 11.7 Å². The van der Waals surface area contributed by atoms with Gasteiger partial charge in [0.25, 0.3) is 5.91 Å². The van der Waals surface area contributed by atoms with E-state index in [9.17, 15) is 22.4 Å². The van der Waals surface area contributed by atoms with Crippen molar-refractivity contribution in [3.8, 4) is 0 Å². The molecule has 0 spiro atoms. The first-order valence-electron chi connectivity index (χ1n) is 10.2. The fourth-order valence-electron chi connectivity index (χ4n) is 4.34. The van der Waals surface area contributed by atoms with Gasteiger partial charge in [-0.15, -0.1) is 0 Å². The summed E-state index contributed by atoms with van der Waals surface area (Å²) in [4.78, 5) is 14.3. The van der Waals surface area contributed by atoms with Crippen molar-refractivity contribution in [2.24, 2.45) is 0 Å². The van der Waals surface area contributed by atoms with Crippen LogP contribution in [0.3, 0.4) is 0 Å². The van der Waals surface area contributed by atoms with Gasteiger partial charge < -0.3 is 10.2 Å². The molecule has 1 amide bonds. The SMILES string of the molecule is CC[C@@H]1C[C@H](C(F)(F)F)n2nc(C3CCCN(C(=O)c4ccccc4F)C3)cc2N1. The van der Waals surface area contributed by atoms with Crippen LogP contribution in [0.1, 0.15) is 60.6 Å². The van der Waals surface area contributed by atoms with Gasteiger partial charge in [-0.25, -0.2) is 9.07 Å².